The van der Waals surface area contributed by atoms with Crippen molar-refractivity contribution < 1.29 is 4.74 Å². The second-order valence-electron chi connectivity index (χ2n) is 4.76. The average Bonchev–Trinajstić information content (AvgIpc) is 2.30. The van der Waals surface area contributed by atoms with E-state index in [2.05, 4.69) is 23.3 Å². The Morgan fingerprint density at radius 3 is 2.76 bits per heavy atom. The predicted molar refractivity (Wildman–Crippen MR) is 69.0 cm³/mol. The molecule has 0 bridgehead atoms. The van der Waals surface area contributed by atoms with Gasteiger partial charge in [-0.2, -0.15) is 0 Å². The molecule has 1 fully saturated rings. The molecule has 17 heavy (non-hydrogen) atoms. The molecule has 0 aromatic carbocycles. The summed E-state index contributed by atoms with van der Waals surface area (Å²) in [6.07, 6.45) is 6.40. The summed E-state index contributed by atoms with van der Waals surface area (Å²) >= 11 is 0. The highest BCUT2D eigenvalue weighted by molar-refractivity contribution is 5.10. The zero-order valence-corrected chi connectivity index (χ0v) is 10.8. The predicted octanol–water partition coefficient (Wildman–Crippen LogP) is 2.17. The van der Waals surface area contributed by atoms with E-state index in [1.165, 1.54) is 6.42 Å². The third-order valence-corrected chi connectivity index (χ3v) is 3.83. The van der Waals surface area contributed by atoms with Gasteiger partial charge in [0, 0.05) is 31.5 Å². The molecule has 1 atom stereocenters. The molecule has 1 aromatic heterocycles. The van der Waals surface area contributed by atoms with Gasteiger partial charge in [0.2, 0.25) is 0 Å². The Bertz CT molecular complexity index is 330. The highest BCUT2D eigenvalue weighted by Crippen LogP contribution is 2.39. The van der Waals surface area contributed by atoms with Crippen LogP contribution < -0.4 is 5.32 Å². The zero-order valence-electron chi connectivity index (χ0n) is 10.8. The number of methoxy groups -OCH3 is 1. The smallest absolute Gasteiger partial charge is 0.0834 e. The van der Waals surface area contributed by atoms with Gasteiger partial charge in [0.25, 0.3) is 0 Å². The first kappa shape index (κ1) is 12.5. The largest absolute Gasteiger partial charge is 0.377 e. The Kier molecular flexibility index (Phi) is 4.13. The lowest BCUT2D eigenvalue weighted by Gasteiger charge is -2.46. The van der Waals surface area contributed by atoms with E-state index in [-0.39, 0.29) is 5.60 Å². The van der Waals surface area contributed by atoms with Crippen LogP contribution in [0.4, 0.5) is 0 Å². The van der Waals surface area contributed by atoms with Crippen molar-refractivity contribution in [2.45, 2.75) is 44.2 Å². The molecule has 0 radical (unpaired) electrons. The standard InChI is InChI=1S/C14H22N2O/c1-3-15-13(14(17-2)8-6-9-14)11-12-7-4-5-10-16-12/h4-5,7,10,13,15H,3,6,8-9,11H2,1-2H3. The number of aromatic nitrogens is 1. The van der Waals surface area contributed by atoms with E-state index >= 15 is 0 Å². The Morgan fingerprint density at radius 1 is 1.47 bits per heavy atom. The molecular weight excluding hydrogens is 212 g/mol. The minimum atomic E-state index is 0.0352. The number of nitrogens with zero attached hydrogens (tertiary/aromatic N) is 1. The van der Waals surface area contributed by atoms with Gasteiger partial charge in [0.15, 0.2) is 0 Å². The van der Waals surface area contributed by atoms with Crippen LogP contribution in [0.2, 0.25) is 0 Å². The second-order valence-corrected chi connectivity index (χ2v) is 4.76. The summed E-state index contributed by atoms with van der Waals surface area (Å²) in [6.45, 7) is 3.12. The number of rotatable bonds is 6. The Labute approximate surface area is 104 Å². The molecule has 1 aliphatic rings. The fourth-order valence-corrected chi connectivity index (χ4v) is 2.64. The van der Waals surface area contributed by atoms with Gasteiger partial charge < -0.3 is 10.1 Å². The van der Waals surface area contributed by atoms with Crippen molar-refractivity contribution >= 4 is 0 Å². The van der Waals surface area contributed by atoms with Crippen molar-refractivity contribution in [2.24, 2.45) is 0 Å². The Morgan fingerprint density at radius 2 is 2.29 bits per heavy atom. The lowest BCUT2D eigenvalue weighted by atomic mass is 9.73. The molecule has 1 saturated carbocycles. The van der Waals surface area contributed by atoms with Crippen molar-refractivity contribution in [3.8, 4) is 0 Å². The van der Waals surface area contributed by atoms with Crippen molar-refractivity contribution in [1.29, 1.82) is 0 Å². The molecule has 0 amide bonds. The fourth-order valence-electron chi connectivity index (χ4n) is 2.64. The number of nitrogens with one attached hydrogen (secondary N) is 1. The molecule has 3 nitrogen and oxygen atoms in total. The van der Waals surface area contributed by atoms with Gasteiger partial charge in [-0.3, -0.25) is 4.98 Å². The quantitative estimate of drug-likeness (QED) is 0.819. The molecule has 1 aliphatic carbocycles. The zero-order chi connectivity index (χ0) is 12.1. The molecule has 0 spiro atoms. The maximum atomic E-state index is 5.77. The molecule has 0 aliphatic heterocycles. The summed E-state index contributed by atoms with van der Waals surface area (Å²) in [7, 11) is 1.84. The molecule has 1 aromatic rings. The number of pyridine rings is 1. The molecular formula is C14H22N2O. The summed E-state index contributed by atoms with van der Waals surface area (Å²) in [6, 6.07) is 6.47. The lowest BCUT2D eigenvalue weighted by molar-refractivity contribution is -0.0979. The van der Waals surface area contributed by atoms with Crippen LogP contribution in [0, 0.1) is 0 Å². The summed E-state index contributed by atoms with van der Waals surface area (Å²) in [5.74, 6) is 0. The van der Waals surface area contributed by atoms with Gasteiger partial charge >= 0.3 is 0 Å². The van der Waals surface area contributed by atoms with Crippen LogP contribution in [0.5, 0.6) is 0 Å². The van der Waals surface area contributed by atoms with Crippen LogP contribution in [-0.2, 0) is 11.2 Å². The summed E-state index contributed by atoms with van der Waals surface area (Å²) in [4.78, 5) is 4.41. The van der Waals surface area contributed by atoms with Crippen molar-refractivity contribution in [3.05, 3.63) is 30.1 Å². The number of ether oxygens (including phenoxy) is 1. The Balaban J connectivity index is 2.07. The van der Waals surface area contributed by atoms with Crippen molar-refractivity contribution in [2.75, 3.05) is 13.7 Å². The maximum absolute atomic E-state index is 5.77. The maximum Gasteiger partial charge on any atom is 0.0834 e. The van der Waals surface area contributed by atoms with Crippen LogP contribution in [0.1, 0.15) is 31.9 Å². The normalized spacial score (nSPS) is 19.6. The molecule has 0 saturated heterocycles. The first-order valence-corrected chi connectivity index (χ1v) is 6.49. The molecule has 1 unspecified atom stereocenters. The van der Waals surface area contributed by atoms with Crippen LogP contribution in [0.3, 0.4) is 0 Å². The topological polar surface area (TPSA) is 34.2 Å². The summed E-state index contributed by atoms with van der Waals surface area (Å²) in [5.41, 5.74) is 1.18. The van der Waals surface area contributed by atoms with E-state index in [0.717, 1.165) is 31.5 Å². The third kappa shape index (κ3) is 2.67. The molecule has 3 heteroatoms. The molecule has 94 valence electrons. The van der Waals surface area contributed by atoms with E-state index < -0.39 is 0 Å². The first-order chi connectivity index (χ1) is 8.30. The van der Waals surface area contributed by atoms with Gasteiger partial charge in [-0.25, -0.2) is 0 Å². The number of likely N-dealkylation sites (N-methyl/N-ethyl adjacent to an activating group) is 1. The lowest BCUT2D eigenvalue weighted by Crippen LogP contribution is -2.57. The van der Waals surface area contributed by atoms with Crippen LogP contribution in [0.25, 0.3) is 0 Å². The van der Waals surface area contributed by atoms with Gasteiger partial charge in [-0.1, -0.05) is 13.0 Å². The van der Waals surface area contributed by atoms with E-state index in [9.17, 15) is 0 Å². The van der Waals surface area contributed by atoms with Gasteiger partial charge in [-0.05, 0) is 37.9 Å². The van der Waals surface area contributed by atoms with Crippen LogP contribution >= 0.6 is 0 Å². The number of hydrogen-bond donors (Lipinski definition) is 1. The van der Waals surface area contributed by atoms with E-state index in [1.807, 2.05) is 25.4 Å². The second kappa shape index (κ2) is 5.61. The molecule has 1 heterocycles. The SMILES string of the molecule is CCNC(Cc1ccccn1)C1(OC)CCC1. The summed E-state index contributed by atoms with van der Waals surface area (Å²) in [5, 5.41) is 3.56. The van der Waals surface area contributed by atoms with Crippen LogP contribution in [0.15, 0.2) is 24.4 Å². The van der Waals surface area contributed by atoms with E-state index in [4.69, 9.17) is 4.74 Å². The van der Waals surface area contributed by atoms with Gasteiger partial charge in [0.1, 0.15) is 0 Å². The average molecular weight is 234 g/mol. The van der Waals surface area contributed by atoms with E-state index in [0.29, 0.717) is 6.04 Å². The van der Waals surface area contributed by atoms with Crippen molar-refractivity contribution in [3.63, 3.8) is 0 Å². The summed E-state index contributed by atoms with van der Waals surface area (Å²) < 4.78 is 5.77. The minimum Gasteiger partial charge on any atom is -0.377 e. The highest BCUT2D eigenvalue weighted by Gasteiger charge is 2.44. The molecule has 1 N–H and O–H groups in total. The highest BCUT2D eigenvalue weighted by atomic mass is 16.5. The Hall–Kier alpha value is -0.930. The third-order valence-electron chi connectivity index (χ3n) is 3.83. The molecule has 2 rings (SSSR count). The minimum absolute atomic E-state index is 0.0352. The van der Waals surface area contributed by atoms with Crippen LogP contribution in [-0.4, -0.2) is 30.3 Å². The fraction of sp³-hybridized carbons (Fsp3) is 0.643. The van der Waals surface area contributed by atoms with Gasteiger partial charge in [-0.15, -0.1) is 0 Å². The van der Waals surface area contributed by atoms with Crippen molar-refractivity contribution in [1.82, 2.24) is 10.3 Å². The first-order valence-electron chi connectivity index (χ1n) is 6.49. The monoisotopic (exact) mass is 234 g/mol. The van der Waals surface area contributed by atoms with Gasteiger partial charge in [0.05, 0.1) is 5.60 Å². The van der Waals surface area contributed by atoms with E-state index in [1.54, 1.807) is 0 Å². The number of hydrogen-bond acceptors (Lipinski definition) is 3.